The van der Waals surface area contributed by atoms with Gasteiger partial charge in [0.15, 0.2) is 15.8 Å². The molecule has 0 aliphatic heterocycles. The topological polar surface area (TPSA) is 128 Å². The number of nitrogens with zero attached hydrogens (tertiary/aromatic N) is 1. The quantitative estimate of drug-likeness (QED) is 0.423. The van der Waals surface area contributed by atoms with Gasteiger partial charge in [-0.25, -0.2) is 13.2 Å². The normalized spacial score (nSPS) is 10.7. The number of carbonyl (C=O) groups excluding carboxylic acids is 1. The van der Waals surface area contributed by atoms with E-state index < -0.39 is 21.1 Å². The van der Waals surface area contributed by atoms with E-state index in [1.807, 2.05) is 0 Å². The van der Waals surface area contributed by atoms with Crippen molar-refractivity contribution in [3.05, 3.63) is 24.3 Å². The van der Waals surface area contributed by atoms with Gasteiger partial charge in [-0.05, 0) is 24.3 Å². The molecule has 0 saturated heterocycles. The number of halogens is 1. The van der Waals surface area contributed by atoms with Crippen LogP contribution in [0, 0.1) is 0 Å². The number of amides is 2. The van der Waals surface area contributed by atoms with Gasteiger partial charge >= 0.3 is 6.03 Å². The van der Waals surface area contributed by atoms with Crippen LogP contribution in [-0.2, 0) is 9.84 Å². The maximum absolute atomic E-state index is 11.4. The molecule has 18 heavy (non-hydrogen) atoms. The van der Waals surface area contributed by atoms with Crippen LogP contribution < -0.4 is 16.8 Å². The maximum atomic E-state index is 11.4. The summed E-state index contributed by atoms with van der Waals surface area (Å²) in [5.74, 6) is -0.367. The molecule has 5 N–H and O–H groups in total. The fourth-order valence-corrected chi connectivity index (χ4v) is 2.13. The second-order valence-corrected chi connectivity index (χ2v) is 5.79. The van der Waals surface area contributed by atoms with Gasteiger partial charge in [0.25, 0.3) is 0 Å². The van der Waals surface area contributed by atoms with E-state index in [9.17, 15) is 13.2 Å². The molecule has 1 aromatic carbocycles. The molecule has 0 atom stereocenters. The maximum Gasteiger partial charge on any atom is 0.348 e. The van der Waals surface area contributed by atoms with Gasteiger partial charge in [-0.15, -0.1) is 11.6 Å². The van der Waals surface area contributed by atoms with Gasteiger partial charge in [0, 0.05) is 5.69 Å². The molecule has 0 fully saturated rings. The van der Waals surface area contributed by atoms with E-state index in [2.05, 4.69) is 10.3 Å². The van der Waals surface area contributed by atoms with Gasteiger partial charge in [0.05, 0.1) is 4.90 Å². The molecule has 0 heterocycles. The zero-order valence-electron chi connectivity index (χ0n) is 9.13. The third kappa shape index (κ3) is 3.90. The van der Waals surface area contributed by atoms with E-state index >= 15 is 0 Å². The van der Waals surface area contributed by atoms with E-state index in [1.54, 1.807) is 0 Å². The number of nitrogens with one attached hydrogen (secondary N) is 1. The summed E-state index contributed by atoms with van der Waals surface area (Å²) in [5.41, 5.74) is 10.4. The molecule has 7 nitrogen and oxygen atoms in total. The molecule has 0 bridgehead atoms. The number of guanidine groups is 1. The lowest BCUT2D eigenvalue weighted by molar-refractivity contribution is 0.259. The van der Waals surface area contributed by atoms with Crippen molar-refractivity contribution in [1.82, 2.24) is 0 Å². The van der Waals surface area contributed by atoms with Crippen molar-refractivity contribution in [2.75, 3.05) is 10.5 Å². The highest BCUT2D eigenvalue weighted by Crippen LogP contribution is 2.16. The highest BCUT2D eigenvalue weighted by Gasteiger charge is 2.12. The number of urea groups is 1. The summed E-state index contributed by atoms with van der Waals surface area (Å²) in [7, 11) is -3.48. The SMILES string of the molecule is NC(N)=NC(=O)Nc1ccc(S(=O)(=O)CCl)cc1. The lowest BCUT2D eigenvalue weighted by Crippen LogP contribution is -2.25. The number of alkyl halides is 1. The molecule has 0 aliphatic carbocycles. The zero-order valence-corrected chi connectivity index (χ0v) is 10.7. The molecule has 0 aliphatic rings. The molecule has 0 unspecified atom stereocenters. The number of anilines is 1. The third-order valence-corrected chi connectivity index (χ3v) is 3.98. The Morgan fingerprint density at radius 2 is 1.83 bits per heavy atom. The lowest BCUT2D eigenvalue weighted by atomic mass is 10.3. The van der Waals surface area contributed by atoms with Crippen LogP contribution >= 0.6 is 11.6 Å². The number of benzene rings is 1. The zero-order chi connectivity index (χ0) is 13.8. The van der Waals surface area contributed by atoms with Crippen LogP contribution in [0.5, 0.6) is 0 Å². The molecule has 0 radical (unpaired) electrons. The second-order valence-electron chi connectivity index (χ2n) is 3.22. The number of hydrogen-bond acceptors (Lipinski definition) is 3. The monoisotopic (exact) mass is 290 g/mol. The van der Waals surface area contributed by atoms with Crippen molar-refractivity contribution < 1.29 is 13.2 Å². The molecule has 9 heteroatoms. The average molecular weight is 291 g/mol. The Morgan fingerprint density at radius 1 is 1.28 bits per heavy atom. The Labute approximate surface area is 109 Å². The smallest absolute Gasteiger partial charge is 0.348 e. The Hall–Kier alpha value is -1.80. The predicted molar refractivity (Wildman–Crippen MR) is 69.2 cm³/mol. The number of nitrogens with two attached hydrogens (primary N) is 2. The van der Waals surface area contributed by atoms with E-state index in [0.717, 1.165) is 0 Å². The molecule has 98 valence electrons. The molecule has 0 aromatic heterocycles. The summed E-state index contributed by atoms with van der Waals surface area (Å²) < 4.78 is 22.8. The first-order valence-corrected chi connectivity index (χ1v) is 6.83. The summed E-state index contributed by atoms with van der Waals surface area (Å²) in [4.78, 5) is 14.5. The molecule has 1 aromatic rings. The van der Waals surface area contributed by atoms with Crippen LogP contribution in [0.25, 0.3) is 0 Å². The summed E-state index contributed by atoms with van der Waals surface area (Å²) in [5, 5.41) is 1.85. The summed E-state index contributed by atoms with van der Waals surface area (Å²) >= 11 is 5.31. The van der Waals surface area contributed by atoms with Crippen molar-refractivity contribution in [1.29, 1.82) is 0 Å². The van der Waals surface area contributed by atoms with Crippen molar-refractivity contribution in [3.8, 4) is 0 Å². The molecular formula is C9H11ClN4O3S. The Morgan fingerprint density at radius 3 is 2.28 bits per heavy atom. The molecule has 2 amide bonds. The summed E-state index contributed by atoms with van der Waals surface area (Å²) in [6.45, 7) is 0. The van der Waals surface area contributed by atoms with Gasteiger partial charge in [-0.2, -0.15) is 4.99 Å². The molecule has 0 spiro atoms. The van der Waals surface area contributed by atoms with Crippen LogP contribution in [0.4, 0.5) is 10.5 Å². The van der Waals surface area contributed by atoms with E-state index in [1.165, 1.54) is 24.3 Å². The van der Waals surface area contributed by atoms with Crippen molar-refractivity contribution in [2.45, 2.75) is 4.90 Å². The number of sulfone groups is 1. The van der Waals surface area contributed by atoms with Crippen molar-refractivity contribution in [2.24, 2.45) is 16.5 Å². The summed E-state index contributed by atoms with van der Waals surface area (Å²) in [6, 6.07) is 4.70. The van der Waals surface area contributed by atoms with Crippen LogP contribution in [0.3, 0.4) is 0 Å². The third-order valence-electron chi connectivity index (χ3n) is 1.84. The lowest BCUT2D eigenvalue weighted by Gasteiger charge is -2.04. The van der Waals surface area contributed by atoms with E-state index in [0.29, 0.717) is 5.69 Å². The van der Waals surface area contributed by atoms with E-state index in [4.69, 9.17) is 23.1 Å². The Kier molecular flexibility index (Phi) is 4.51. The van der Waals surface area contributed by atoms with Gasteiger partial charge in [0.2, 0.25) is 0 Å². The average Bonchev–Trinajstić information content (AvgIpc) is 2.28. The van der Waals surface area contributed by atoms with Gasteiger partial charge < -0.3 is 16.8 Å². The van der Waals surface area contributed by atoms with Crippen LogP contribution in [0.1, 0.15) is 0 Å². The Bertz CT molecular complexity index is 564. The van der Waals surface area contributed by atoms with Crippen LogP contribution in [0.15, 0.2) is 34.2 Å². The first-order valence-electron chi connectivity index (χ1n) is 4.64. The fraction of sp³-hybridized carbons (Fsp3) is 0.111. The van der Waals surface area contributed by atoms with Crippen LogP contribution in [0.2, 0.25) is 0 Å². The highest BCUT2D eigenvalue weighted by atomic mass is 35.5. The molecular weight excluding hydrogens is 280 g/mol. The minimum Gasteiger partial charge on any atom is -0.370 e. The van der Waals surface area contributed by atoms with Gasteiger partial charge in [-0.1, -0.05) is 0 Å². The highest BCUT2D eigenvalue weighted by molar-refractivity contribution is 7.92. The first kappa shape index (κ1) is 14.3. The minimum atomic E-state index is -3.48. The largest absolute Gasteiger partial charge is 0.370 e. The molecule has 1 rings (SSSR count). The fourth-order valence-electron chi connectivity index (χ4n) is 1.08. The predicted octanol–water partition coefficient (Wildman–Crippen LogP) is 0.462. The number of rotatable bonds is 3. The standard InChI is InChI=1S/C9H11ClN4O3S/c10-5-18(16,17)7-3-1-6(2-4-7)13-9(15)14-8(11)12/h1-4H,5H2,(H5,11,12,13,14,15). The van der Waals surface area contributed by atoms with E-state index in [-0.39, 0.29) is 10.9 Å². The number of hydrogen-bond donors (Lipinski definition) is 3. The van der Waals surface area contributed by atoms with Crippen LogP contribution in [-0.4, -0.2) is 25.6 Å². The first-order chi connectivity index (χ1) is 8.35. The van der Waals surface area contributed by atoms with Gasteiger partial charge in [0.1, 0.15) is 5.21 Å². The van der Waals surface area contributed by atoms with Crippen molar-refractivity contribution >= 4 is 39.1 Å². The number of carbonyl (C=O) groups is 1. The number of aliphatic imine (C=N–C) groups is 1. The minimum absolute atomic E-state index is 0.0670. The Balaban J connectivity index is 2.85. The van der Waals surface area contributed by atoms with Gasteiger partial charge in [-0.3, -0.25) is 0 Å². The second kappa shape index (κ2) is 5.69. The summed E-state index contributed by atoms with van der Waals surface area (Å²) in [6.07, 6.45) is 0. The molecule has 0 saturated carbocycles. The van der Waals surface area contributed by atoms with Crippen molar-refractivity contribution in [3.63, 3.8) is 0 Å².